The standard InChI is InChI=1S/C23H19NO2/c1-2-3-16-4-8-18(9-5-16)20-12-13-21-22(14-20)26-23(25-21)19-10-6-17(15-24)7-11-19/h4-14,23H,2-3H2,1H3. The smallest absolute Gasteiger partial charge is 0.267 e. The summed E-state index contributed by atoms with van der Waals surface area (Å²) in [5, 5.41) is 8.91. The fourth-order valence-corrected chi connectivity index (χ4v) is 3.14. The van der Waals surface area contributed by atoms with Gasteiger partial charge in [-0.1, -0.05) is 55.8 Å². The molecule has 1 heterocycles. The van der Waals surface area contributed by atoms with Crippen LogP contribution in [0.3, 0.4) is 0 Å². The van der Waals surface area contributed by atoms with Gasteiger partial charge in [0.05, 0.1) is 11.6 Å². The predicted octanol–water partition coefficient (Wildman–Crippen LogP) is 5.65. The van der Waals surface area contributed by atoms with Gasteiger partial charge < -0.3 is 9.47 Å². The molecule has 0 bridgehead atoms. The van der Waals surface area contributed by atoms with Gasteiger partial charge in [-0.2, -0.15) is 5.26 Å². The SMILES string of the molecule is CCCc1ccc(-c2ccc3c(c2)OC(c2ccc(C#N)cc2)O3)cc1. The van der Waals surface area contributed by atoms with E-state index in [9.17, 15) is 0 Å². The van der Waals surface area contributed by atoms with Crippen molar-refractivity contribution < 1.29 is 9.47 Å². The van der Waals surface area contributed by atoms with Gasteiger partial charge in [0, 0.05) is 5.56 Å². The minimum atomic E-state index is -0.472. The van der Waals surface area contributed by atoms with Crippen molar-refractivity contribution in [1.82, 2.24) is 0 Å². The molecule has 0 amide bonds. The maximum atomic E-state index is 8.91. The van der Waals surface area contributed by atoms with Crippen molar-refractivity contribution in [2.24, 2.45) is 0 Å². The van der Waals surface area contributed by atoms with Crippen LogP contribution in [0, 0.1) is 11.3 Å². The summed E-state index contributed by atoms with van der Waals surface area (Å²) in [5.74, 6) is 1.49. The summed E-state index contributed by atoms with van der Waals surface area (Å²) in [6.07, 6.45) is 1.79. The molecule has 26 heavy (non-hydrogen) atoms. The van der Waals surface area contributed by atoms with Gasteiger partial charge in [0.2, 0.25) is 0 Å². The first-order valence-corrected chi connectivity index (χ1v) is 8.83. The summed E-state index contributed by atoms with van der Waals surface area (Å²) in [5.41, 5.74) is 5.15. The minimum absolute atomic E-state index is 0.472. The summed E-state index contributed by atoms with van der Waals surface area (Å²) in [6, 6.07) is 24.1. The lowest BCUT2D eigenvalue weighted by molar-refractivity contribution is 0.0487. The number of aryl methyl sites for hydroxylation is 1. The molecule has 0 aromatic heterocycles. The number of hydrogen-bond acceptors (Lipinski definition) is 3. The van der Waals surface area contributed by atoms with Crippen molar-refractivity contribution in [3.8, 4) is 28.7 Å². The lowest BCUT2D eigenvalue weighted by Crippen LogP contribution is -2.07. The van der Waals surface area contributed by atoms with E-state index in [1.807, 2.05) is 24.3 Å². The maximum absolute atomic E-state index is 8.91. The van der Waals surface area contributed by atoms with Gasteiger partial charge in [-0.05, 0) is 47.4 Å². The predicted molar refractivity (Wildman–Crippen MR) is 101 cm³/mol. The van der Waals surface area contributed by atoms with Gasteiger partial charge in [0.25, 0.3) is 6.29 Å². The van der Waals surface area contributed by atoms with E-state index < -0.39 is 6.29 Å². The number of nitrogens with zero attached hydrogens (tertiary/aromatic N) is 1. The maximum Gasteiger partial charge on any atom is 0.267 e. The molecule has 3 heteroatoms. The Balaban J connectivity index is 1.55. The second-order valence-corrected chi connectivity index (χ2v) is 6.41. The van der Waals surface area contributed by atoms with Crippen LogP contribution in [0.1, 0.15) is 36.3 Å². The fourth-order valence-electron chi connectivity index (χ4n) is 3.14. The van der Waals surface area contributed by atoms with Crippen LogP contribution >= 0.6 is 0 Å². The third-order valence-electron chi connectivity index (χ3n) is 4.55. The molecule has 0 aliphatic carbocycles. The highest BCUT2D eigenvalue weighted by Crippen LogP contribution is 2.42. The van der Waals surface area contributed by atoms with Gasteiger partial charge in [0.1, 0.15) is 0 Å². The van der Waals surface area contributed by atoms with Gasteiger partial charge in [-0.15, -0.1) is 0 Å². The zero-order chi connectivity index (χ0) is 17.9. The van der Waals surface area contributed by atoms with E-state index in [1.54, 1.807) is 12.1 Å². The average molecular weight is 341 g/mol. The zero-order valence-electron chi connectivity index (χ0n) is 14.6. The van der Waals surface area contributed by atoms with Gasteiger partial charge in [-0.25, -0.2) is 0 Å². The van der Waals surface area contributed by atoms with Crippen LogP contribution < -0.4 is 9.47 Å². The zero-order valence-corrected chi connectivity index (χ0v) is 14.6. The van der Waals surface area contributed by atoms with E-state index in [1.165, 1.54) is 5.56 Å². The Labute approximate surface area is 153 Å². The monoisotopic (exact) mass is 341 g/mol. The first-order chi connectivity index (χ1) is 12.8. The molecule has 1 unspecified atom stereocenters. The molecular weight excluding hydrogens is 322 g/mol. The van der Waals surface area contributed by atoms with Crippen molar-refractivity contribution in [3.63, 3.8) is 0 Å². The number of nitriles is 1. The molecule has 3 aromatic rings. The normalized spacial score (nSPS) is 14.8. The molecule has 1 atom stereocenters. The Morgan fingerprint density at radius 2 is 1.54 bits per heavy atom. The summed E-state index contributed by atoms with van der Waals surface area (Å²) >= 11 is 0. The van der Waals surface area contributed by atoms with E-state index in [4.69, 9.17) is 14.7 Å². The second-order valence-electron chi connectivity index (χ2n) is 6.41. The van der Waals surface area contributed by atoms with E-state index >= 15 is 0 Å². The molecular formula is C23H19NO2. The van der Waals surface area contributed by atoms with Crippen LogP contribution in [0.4, 0.5) is 0 Å². The van der Waals surface area contributed by atoms with E-state index in [-0.39, 0.29) is 0 Å². The Morgan fingerprint density at radius 1 is 0.846 bits per heavy atom. The number of benzene rings is 3. The lowest BCUT2D eigenvalue weighted by Gasteiger charge is -2.10. The highest BCUT2D eigenvalue weighted by Gasteiger charge is 2.26. The second kappa shape index (κ2) is 6.93. The van der Waals surface area contributed by atoms with Crippen LogP contribution in [0.15, 0.2) is 66.7 Å². The van der Waals surface area contributed by atoms with Gasteiger partial charge >= 0.3 is 0 Å². The summed E-state index contributed by atoms with van der Waals surface area (Å²) in [6.45, 7) is 2.19. The number of ether oxygens (including phenoxy) is 2. The molecule has 0 fully saturated rings. The van der Waals surface area contributed by atoms with E-state index in [0.717, 1.165) is 41.0 Å². The van der Waals surface area contributed by atoms with Crippen LogP contribution in [-0.2, 0) is 6.42 Å². The van der Waals surface area contributed by atoms with Crippen LogP contribution in [0.25, 0.3) is 11.1 Å². The Hall–Kier alpha value is -3.25. The minimum Gasteiger partial charge on any atom is -0.447 e. The van der Waals surface area contributed by atoms with Crippen molar-refractivity contribution in [2.75, 3.05) is 0 Å². The first kappa shape index (κ1) is 16.2. The van der Waals surface area contributed by atoms with Crippen molar-refractivity contribution in [1.29, 1.82) is 5.26 Å². The summed E-state index contributed by atoms with van der Waals surface area (Å²) < 4.78 is 11.9. The topological polar surface area (TPSA) is 42.2 Å². The molecule has 128 valence electrons. The quantitative estimate of drug-likeness (QED) is 0.616. The van der Waals surface area contributed by atoms with Crippen LogP contribution in [0.2, 0.25) is 0 Å². The molecule has 1 aliphatic rings. The van der Waals surface area contributed by atoms with Crippen molar-refractivity contribution >= 4 is 0 Å². The highest BCUT2D eigenvalue weighted by molar-refractivity contribution is 5.68. The highest BCUT2D eigenvalue weighted by atomic mass is 16.7. The Bertz CT molecular complexity index is 953. The third kappa shape index (κ3) is 3.14. The molecule has 4 rings (SSSR count). The summed E-state index contributed by atoms with van der Waals surface area (Å²) in [4.78, 5) is 0. The fraction of sp³-hybridized carbons (Fsp3) is 0.174. The molecule has 3 nitrogen and oxygen atoms in total. The lowest BCUT2D eigenvalue weighted by atomic mass is 10.0. The largest absolute Gasteiger partial charge is 0.447 e. The van der Waals surface area contributed by atoms with E-state index in [2.05, 4.69) is 43.3 Å². The average Bonchev–Trinajstić information content (AvgIpc) is 3.12. The molecule has 0 radical (unpaired) electrons. The molecule has 0 spiro atoms. The Kier molecular flexibility index (Phi) is 4.33. The Morgan fingerprint density at radius 3 is 2.23 bits per heavy atom. The van der Waals surface area contributed by atoms with Crippen LogP contribution in [0.5, 0.6) is 11.5 Å². The van der Waals surface area contributed by atoms with Gasteiger partial charge in [0.15, 0.2) is 11.5 Å². The molecule has 3 aromatic carbocycles. The summed E-state index contributed by atoms with van der Waals surface area (Å²) in [7, 11) is 0. The third-order valence-corrected chi connectivity index (χ3v) is 4.55. The molecule has 1 aliphatic heterocycles. The van der Waals surface area contributed by atoms with Crippen molar-refractivity contribution in [2.45, 2.75) is 26.1 Å². The molecule has 0 N–H and O–H groups in total. The van der Waals surface area contributed by atoms with Gasteiger partial charge in [-0.3, -0.25) is 0 Å². The molecule has 0 saturated heterocycles. The number of fused-ring (bicyclic) bond motifs is 1. The number of hydrogen-bond donors (Lipinski definition) is 0. The first-order valence-electron chi connectivity index (χ1n) is 8.83. The van der Waals surface area contributed by atoms with Crippen molar-refractivity contribution in [3.05, 3.63) is 83.4 Å². The van der Waals surface area contributed by atoms with Crippen LogP contribution in [-0.4, -0.2) is 0 Å². The van der Waals surface area contributed by atoms with E-state index in [0.29, 0.717) is 5.56 Å². The molecule has 0 saturated carbocycles. The number of rotatable bonds is 4.